The fraction of sp³-hybridized carbons (Fsp3) is 0.542. The quantitative estimate of drug-likeness (QED) is 0.540. The second kappa shape index (κ2) is 9.98. The van der Waals surface area contributed by atoms with Crippen molar-refractivity contribution in [2.24, 2.45) is 0 Å². The van der Waals surface area contributed by atoms with Gasteiger partial charge in [-0.15, -0.1) is 5.10 Å². The molecule has 35 heavy (non-hydrogen) atoms. The average Bonchev–Trinajstić information content (AvgIpc) is 3.23. The van der Waals surface area contributed by atoms with Gasteiger partial charge in [0.2, 0.25) is 5.95 Å². The van der Waals surface area contributed by atoms with Crippen LogP contribution >= 0.6 is 0 Å². The number of aliphatic hydroxyl groups excluding tert-OH is 1. The van der Waals surface area contributed by atoms with Gasteiger partial charge in [-0.1, -0.05) is 0 Å². The molecule has 4 heterocycles. The van der Waals surface area contributed by atoms with Gasteiger partial charge in [0.15, 0.2) is 0 Å². The number of alkyl halides is 3. The molecule has 188 valence electrons. The minimum Gasteiger partial charge on any atom is -0.393 e. The van der Waals surface area contributed by atoms with Crippen LogP contribution in [0.25, 0.3) is 16.6 Å². The molecule has 3 aromatic rings. The molecule has 0 bridgehead atoms. The van der Waals surface area contributed by atoms with Gasteiger partial charge in [-0.2, -0.15) is 13.2 Å². The molecule has 0 atom stereocenters. The molecular weight excluding hydrogens is 461 g/mol. The maximum absolute atomic E-state index is 12.6. The van der Waals surface area contributed by atoms with Gasteiger partial charge in [-0.3, -0.25) is 0 Å². The van der Waals surface area contributed by atoms with E-state index in [1.807, 2.05) is 12.1 Å². The van der Waals surface area contributed by atoms with Crippen LogP contribution in [0.3, 0.4) is 0 Å². The molecule has 2 fully saturated rings. The summed E-state index contributed by atoms with van der Waals surface area (Å²) in [6.07, 6.45) is 1.03. The molecule has 8 nitrogen and oxygen atoms in total. The van der Waals surface area contributed by atoms with Gasteiger partial charge < -0.3 is 20.1 Å². The van der Waals surface area contributed by atoms with Crippen LogP contribution in [-0.4, -0.2) is 69.8 Å². The van der Waals surface area contributed by atoms with E-state index in [9.17, 15) is 18.3 Å². The standard InChI is InChI=1S/C24H29F3N6O2/c25-24(26,27)6-8-29-23-30-15-21-19(14-20(33(21)31-23)16-1-3-18(34)4-2-16)17-5-7-28-22(13-17)32-9-11-35-12-10-32/h5,7,13-16,18,34H,1-4,6,8-12H2,(H,29,31). The van der Waals surface area contributed by atoms with Gasteiger partial charge in [0.25, 0.3) is 0 Å². The number of nitrogens with one attached hydrogen (secondary N) is 1. The molecule has 0 amide bonds. The van der Waals surface area contributed by atoms with E-state index >= 15 is 0 Å². The second-order valence-corrected chi connectivity index (χ2v) is 9.16. The van der Waals surface area contributed by atoms with Gasteiger partial charge in [-0.25, -0.2) is 14.5 Å². The molecule has 2 N–H and O–H groups in total. The van der Waals surface area contributed by atoms with Crippen LogP contribution < -0.4 is 10.2 Å². The van der Waals surface area contributed by atoms with E-state index in [0.717, 1.165) is 54.1 Å². The highest BCUT2D eigenvalue weighted by atomic mass is 19.4. The zero-order chi connectivity index (χ0) is 24.4. The summed E-state index contributed by atoms with van der Waals surface area (Å²) in [5.74, 6) is 1.22. The number of halogens is 3. The molecule has 1 aliphatic carbocycles. The third-order valence-electron chi connectivity index (χ3n) is 6.74. The number of aromatic nitrogens is 4. The van der Waals surface area contributed by atoms with E-state index in [2.05, 4.69) is 31.3 Å². The second-order valence-electron chi connectivity index (χ2n) is 9.16. The molecular formula is C24H29F3N6O2. The summed E-state index contributed by atoms with van der Waals surface area (Å²) in [5, 5.41) is 17.2. The Morgan fingerprint density at radius 1 is 1.09 bits per heavy atom. The van der Waals surface area contributed by atoms with Crippen molar-refractivity contribution in [2.75, 3.05) is 43.1 Å². The highest BCUT2D eigenvalue weighted by molar-refractivity contribution is 5.82. The Balaban J connectivity index is 1.50. The Bertz CT molecular complexity index is 1150. The number of ether oxygens (including phenoxy) is 1. The largest absolute Gasteiger partial charge is 0.393 e. The van der Waals surface area contributed by atoms with Crippen molar-refractivity contribution in [2.45, 2.75) is 50.3 Å². The SMILES string of the molecule is OC1CCC(c2cc(-c3ccnc(N4CCOCC4)c3)c3cnc(NCCC(F)(F)F)nn23)CC1. The summed E-state index contributed by atoms with van der Waals surface area (Å²) in [6.45, 7) is 2.59. The lowest BCUT2D eigenvalue weighted by atomic mass is 9.85. The number of morpholine rings is 1. The summed E-state index contributed by atoms with van der Waals surface area (Å²) in [6, 6.07) is 6.10. The smallest absolute Gasteiger partial charge is 0.390 e. The Kier molecular flexibility index (Phi) is 6.79. The van der Waals surface area contributed by atoms with Gasteiger partial charge in [0, 0.05) is 43.0 Å². The molecule has 1 aliphatic heterocycles. The molecule has 1 saturated carbocycles. The van der Waals surface area contributed by atoms with Crippen LogP contribution in [0.15, 0.2) is 30.6 Å². The first-order valence-corrected chi connectivity index (χ1v) is 12.0. The fourth-order valence-electron chi connectivity index (χ4n) is 4.86. The minimum absolute atomic E-state index is 0.157. The summed E-state index contributed by atoms with van der Waals surface area (Å²) in [7, 11) is 0. The van der Waals surface area contributed by atoms with E-state index < -0.39 is 12.6 Å². The van der Waals surface area contributed by atoms with E-state index in [1.54, 1.807) is 16.9 Å². The van der Waals surface area contributed by atoms with E-state index in [0.29, 0.717) is 26.1 Å². The van der Waals surface area contributed by atoms with E-state index in [-0.39, 0.29) is 24.5 Å². The van der Waals surface area contributed by atoms with Crippen LogP contribution in [-0.2, 0) is 4.74 Å². The van der Waals surface area contributed by atoms with Crippen molar-refractivity contribution < 1.29 is 23.0 Å². The highest BCUT2D eigenvalue weighted by Crippen LogP contribution is 2.38. The van der Waals surface area contributed by atoms with Gasteiger partial charge in [0.05, 0.1) is 37.5 Å². The molecule has 5 rings (SSSR count). The van der Waals surface area contributed by atoms with E-state index in [1.165, 1.54) is 0 Å². The number of fused-ring (bicyclic) bond motifs is 1. The van der Waals surface area contributed by atoms with Gasteiger partial charge in [0.1, 0.15) is 5.82 Å². The summed E-state index contributed by atoms with van der Waals surface area (Å²) in [4.78, 5) is 11.0. The maximum Gasteiger partial charge on any atom is 0.390 e. The lowest BCUT2D eigenvalue weighted by Gasteiger charge is -2.28. The van der Waals surface area contributed by atoms with Crippen LogP contribution in [0.1, 0.15) is 43.7 Å². The van der Waals surface area contributed by atoms with Crippen LogP contribution in [0.2, 0.25) is 0 Å². The van der Waals surface area contributed by atoms with Crippen molar-refractivity contribution in [3.63, 3.8) is 0 Å². The lowest BCUT2D eigenvalue weighted by Crippen LogP contribution is -2.36. The normalized spacial score (nSPS) is 21.4. The molecule has 2 aliphatic rings. The molecule has 0 radical (unpaired) electrons. The predicted octanol–water partition coefficient (Wildman–Crippen LogP) is 4.01. The molecule has 0 aromatic carbocycles. The van der Waals surface area contributed by atoms with Crippen molar-refractivity contribution in [1.29, 1.82) is 0 Å². The van der Waals surface area contributed by atoms with Crippen molar-refractivity contribution in [3.05, 3.63) is 36.3 Å². The molecule has 0 spiro atoms. The first-order valence-electron chi connectivity index (χ1n) is 12.0. The topological polar surface area (TPSA) is 87.8 Å². The number of aliphatic hydroxyl groups is 1. The van der Waals surface area contributed by atoms with E-state index in [4.69, 9.17) is 4.74 Å². The molecule has 11 heteroatoms. The van der Waals surface area contributed by atoms with Crippen LogP contribution in [0, 0.1) is 0 Å². The Labute approximate surface area is 201 Å². The van der Waals surface area contributed by atoms with Crippen LogP contribution in [0.4, 0.5) is 24.9 Å². The molecule has 3 aromatic heterocycles. The summed E-state index contributed by atoms with van der Waals surface area (Å²) < 4.78 is 45.0. The Morgan fingerprint density at radius 2 is 1.86 bits per heavy atom. The van der Waals surface area contributed by atoms with Crippen molar-refractivity contribution >= 4 is 17.3 Å². The number of hydrogen-bond acceptors (Lipinski definition) is 7. The summed E-state index contributed by atoms with van der Waals surface area (Å²) in [5.41, 5.74) is 3.69. The monoisotopic (exact) mass is 490 g/mol. The number of anilines is 2. The first-order chi connectivity index (χ1) is 16.9. The number of hydrogen-bond donors (Lipinski definition) is 2. The average molecular weight is 491 g/mol. The number of pyridine rings is 1. The van der Waals surface area contributed by atoms with Crippen molar-refractivity contribution in [1.82, 2.24) is 19.6 Å². The number of nitrogens with zero attached hydrogens (tertiary/aromatic N) is 5. The Morgan fingerprint density at radius 3 is 2.60 bits per heavy atom. The third kappa shape index (κ3) is 5.51. The predicted molar refractivity (Wildman–Crippen MR) is 126 cm³/mol. The molecule has 0 unspecified atom stereocenters. The summed E-state index contributed by atoms with van der Waals surface area (Å²) >= 11 is 0. The zero-order valence-electron chi connectivity index (χ0n) is 19.3. The highest BCUT2D eigenvalue weighted by Gasteiger charge is 2.27. The number of rotatable bonds is 6. The first kappa shape index (κ1) is 23.8. The lowest BCUT2D eigenvalue weighted by molar-refractivity contribution is -0.131. The zero-order valence-corrected chi connectivity index (χ0v) is 19.3. The fourth-order valence-corrected chi connectivity index (χ4v) is 4.86. The van der Waals surface area contributed by atoms with Crippen LogP contribution in [0.5, 0.6) is 0 Å². The van der Waals surface area contributed by atoms with Gasteiger partial charge >= 0.3 is 6.18 Å². The maximum atomic E-state index is 12.6. The van der Waals surface area contributed by atoms with Crippen molar-refractivity contribution in [3.8, 4) is 11.1 Å². The third-order valence-corrected chi connectivity index (χ3v) is 6.74. The minimum atomic E-state index is -4.24. The molecule has 1 saturated heterocycles. The van der Waals surface area contributed by atoms with Gasteiger partial charge in [-0.05, 0) is 49.4 Å². The Hall–Kier alpha value is -2.92.